The van der Waals surface area contributed by atoms with Gasteiger partial charge in [-0.05, 0) is 26.5 Å². The van der Waals surface area contributed by atoms with E-state index in [4.69, 9.17) is 18.9 Å². The highest BCUT2D eigenvalue weighted by Gasteiger charge is 2.16. The van der Waals surface area contributed by atoms with Gasteiger partial charge in [0.15, 0.2) is 11.5 Å². The smallest absolute Gasteiger partial charge is 0.375 e. The molecule has 0 saturated heterocycles. The number of rotatable bonds is 13. The van der Waals surface area contributed by atoms with E-state index in [9.17, 15) is 4.79 Å². The third kappa shape index (κ3) is 10.5. The zero-order valence-electron chi connectivity index (χ0n) is 23.3. The number of carbonyl (C=O) groups excluding carboxylic acids is 1. The van der Waals surface area contributed by atoms with Crippen LogP contribution >= 0.6 is 0 Å². The predicted molar refractivity (Wildman–Crippen MR) is 151 cm³/mol. The van der Waals surface area contributed by atoms with Crippen molar-refractivity contribution in [2.45, 2.75) is 48.5 Å². The van der Waals surface area contributed by atoms with Gasteiger partial charge in [-0.1, -0.05) is 35.1 Å². The summed E-state index contributed by atoms with van der Waals surface area (Å²) in [7, 11) is 5.31. The molecule has 0 unspecified atom stereocenters. The summed E-state index contributed by atoms with van der Waals surface area (Å²) in [6.45, 7) is 12.9. The van der Waals surface area contributed by atoms with Crippen molar-refractivity contribution in [3.8, 4) is 11.5 Å². The molecule has 0 aliphatic carbocycles. The van der Waals surface area contributed by atoms with Crippen molar-refractivity contribution in [2.24, 2.45) is 0 Å². The quantitative estimate of drug-likeness (QED) is 0.232. The van der Waals surface area contributed by atoms with Crippen molar-refractivity contribution in [1.29, 1.82) is 0 Å². The number of benzene rings is 1. The first-order valence-corrected chi connectivity index (χ1v) is 12.5. The molecule has 0 atom stereocenters. The monoisotopic (exact) mass is 535 g/mol. The molecule has 0 amide bonds. The Balaban J connectivity index is 0.00000261. The van der Waals surface area contributed by atoms with Gasteiger partial charge in [0.2, 0.25) is 11.8 Å². The number of methoxy groups -OCH3 is 2. The summed E-state index contributed by atoms with van der Waals surface area (Å²) in [6, 6.07) is 3.59. The lowest BCUT2D eigenvalue weighted by Gasteiger charge is -2.17. The second kappa shape index (κ2) is 19.6. The van der Waals surface area contributed by atoms with Crippen molar-refractivity contribution in [1.82, 2.24) is 30.0 Å². The molecular weight excluding hydrogens is 490 g/mol. The van der Waals surface area contributed by atoms with Crippen LogP contribution < -0.4 is 14.8 Å². The second-order valence-electron chi connectivity index (χ2n) is 7.09. The Hall–Kier alpha value is -3.51. The molecule has 0 aliphatic heterocycles. The standard InChI is InChI=1S/C21H29N7O5.2C2H6.CH4/c1-5-32-20(29)19-25-21(27-26-19)24-18-14-11-16(31-4)17(12-15(14)22-13-23-18)33-9-6-7-28(2)8-10-30-3;2*1-2;/h11-13H,5-10H2,1-4H3,(H2,22,23,24,25,26,27);2*1-2H3;1H4. The second-order valence-corrected chi connectivity index (χ2v) is 7.09. The van der Waals surface area contributed by atoms with Crippen LogP contribution in [0, 0.1) is 0 Å². The highest BCUT2D eigenvalue weighted by molar-refractivity contribution is 5.92. The Morgan fingerprint density at radius 2 is 1.79 bits per heavy atom. The maximum Gasteiger partial charge on any atom is 0.375 e. The number of likely N-dealkylation sites (N-methyl/N-ethyl adjacent to an activating group) is 1. The number of anilines is 2. The van der Waals surface area contributed by atoms with Crippen LogP contribution in [0.1, 0.15) is 59.1 Å². The minimum Gasteiger partial charge on any atom is -0.493 e. The molecule has 3 rings (SSSR count). The van der Waals surface area contributed by atoms with E-state index in [0.29, 0.717) is 41.4 Å². The van der Waals surface area contributed by atoms with Crippen LogP contribution in [0.4, 0.5) is 11.8 Å². The molecule has 12 nitrogen and oxygen atoms in total. The average Bonchev–Trinajstić information content (AvgIpc) is 3.41. The fraction of sp³-hybridized carbons (Fsp3) is 0.577. The minimum absolute atomic E-state index is 0. The van der Waals surface area contributed by atoms with Crippen molar-refractivity contribution in [3.63, 3.8) is 0 Å². The lowest BCUT2D eigenvalue weighted by Crippen LogP contribution is -2.25. The number of fused-ring (bicyclic) bond motifs is 1. The number of esters is 1. The molecule has 0 fully saturated rings. The number of ether oxygens (including phenoxy) is 4. The first-order chi connectivity index (χ1) is 18.0. The van der Waals surface area contributed by atoms with Crippen molar-refractivity contribution in [3.05, 3.63) is 24.3 Å². The van der Waals surface area contributed by atoms with Crippen molar-refractivity contribution >= 4 is 28.6 Å². The Labute approximate surface area is 226 Å². The number of carbonyl (C=O) groups is 1. The van der Waals surface area contributed by atoms with E-state index in [-0.39, 0.29) is 25.8 Å². The number of aromatic nitrogens is 5. The Bertz CT molecular complexity index is 1060. The topological polar surface area (TPSA) is 137 Å². The van der Waals surface area contributed by atoms with Gasteiger partial charge < -0.3 is 29.2 Å². The molecule has 0 bridgehead atoms. The fourth-order valence-corrected chi connectivity index (χ4v) is 3.03. The van der Waals surface area contributed by atoms with Gasteiger partial charge in [0.1, 0.15) is 12.1 Å². The van der Waals surface area contributed by atoms with Crippen LogP contribution in [0.2, 0.25) is 0 Å². The molecule has 214 valence electrons. The van der Waals surface area contributed by atoms with Crippen LogP contribution in [-0.2, 0) is 9.47 Å². The Kier molecular flexibility index (Phi) is 17.8. The highest BCUT2D eigenvalue weighted by atomic mass is 16.5. The lowest BCUT2D eigenvalue weighted by molar-refractivity contribution is 0.0512. The van der Waals surface area contributed by atoms with Gasteiger partial charge in [0.05, 0.1) is 32.4 Å². The molecule has 1 aromatic carbocycles. The van der Waals surface area contributed by atoms with Gasteiger partial charge in [-0.25, -0.2) is 14.8 Å². The van der Waals surface area contributed by atoms with Gasteiger partial charge in [0.25, 0.3) is 0 Å². The number of nitrogens with zero attached hydrogens (tertiary/aromatic N) is 5. The summed E-state index contributed by atoms with van der Waals surface area (Å²) in [5.74, 6) is 1.19. The van der Waals surface area contributed by atoms with Crippen LogP contribution in [0.25, 0.3) is 10.9 Å². The number of hydrogen-bond acceptors (Lipinski definition) is 11. The first-order valence-electron chi connectivity index (χ1n) is 12.5. The SMILES string of the molecule is C.CC.CC.CCOC(=O)c1nc(Nc2ncnc3cc(OCCCN(C)CCOC)c(OC)cc23)n[nH]1. The Morgan fingerprint density at radius 3 is 2.45 bits per heavy atom. The molecule has 12 heteroatoms. The molecule has 0 saturated carbocycles. The number of aromatic amines is 1. The summed E-state index contributed by atoms with van der Waals surface area (Å²) in [5.41, 5.74) is 0.654. The molecular formula is C26H45N7O5. The number of hydrogen-bond donors (Lipinski definition) is 2. The third-order valence-corrected chi connectivity index (χ3v) is 4.72. The largest absolute Gasteiger partial charge is 0.493 e. The maximum atomic E-state index is 11.8. The van der Waals surface area contributed by atoms with Gasteiger partial charge in [0, 0.05) is 31.7 Å². The van der Waals surface area contributed by atoms with Gasteiger partial charge in [-0.3, -0.25) is 5.10 Å². The zero-order valence-corrected chi connectivity index (χ0v) is 23.3. The van der Waals surface area contributed by atoms with Crippen molar-refractivity contribution < 1.29 is 23.7 Å². The van der Waals surface area contributed by atoms with Crippen LogP contribution in [0.5, 0.6) is 11.5 Å². The van der Waals surface area contributed by atoms with Crippen LogP contribution in [0.15, 0.2) is 18.5 Å². The van der Waals surface area contributed by atoms with E-state index in [0.717, 1.165) is 19.5 Å². The molecule has 0 aliphatic rings. The summed E-state index contributed by atoms with van der Waals surface area (Å²) in [5, 5.41) is 10.2. The molecule has 2 aromatic heterocycles. The Morgan fingerprint density at radius 1 is 1.05 bits per heavy atom. The molecule has 0 spiro atoms. The molecule has 3 aromatic rings. The van der Waals surface area contributed by atoms with E-state index in [1.54, 1.807) is 33.3 Å². The van der Waals surface area contributed by atoms with Gasteiger partial charge >= 0.3 is 5.97 Å². The normalized spacial score (nSPS) is 9.92. The number of H-pyrrole nitrogens is 1. The first kappa shape index (κ1) is 34.5. The summed E-state index contributed by atoms with van der Waals surface area (Å²) < 4.78 is 21.5. The number of nitrogens with one attached hydrogen (secondary N) is 2. The summed E-state index contributed by atoms with van der Waals surface area (Å²) in [6.07, 6.45) is 2.27. The fourth-order valence-electron chi connectivity index (χ4n) is 3.03. The summed E-state index contributed by atoms with van der Waals surface area (Å²) in [4.78, 5) is 26.7. The lowest BCUT2D eigenvalue weighted by atomic mass is 10.2. The van der Waals surface area contributed by atoms with E-state index >= 15 is 0 Å². The van der Waals surface area contributed by atoms with Crippen LogP contribution in [0.3, 0.4) is 0 Å². The molecule has 0 radical (unpaired) electrons. The van der Waals surface area contributed by atoms with E-state index in [2.05, 4.69) is 35.4 Å². The summed E-state index contributed by atoms with van der Waals surface area (Å²) >= 11 is 0. The van der Waals surface area contributed by atoms with E-state index in [1.807, 2.05) is 34.7 Å². The highest BCUT2D eigenvalue weighted by Crippen LogP contribution is 2.34. The van der Waals surface area contributed by atoms with Gasteiger partial charge in [-0.15, -0.1) is 5.10 Å². The predicted octanol–water partition coefficient (Wildman–Crippen LogP) is 4.71. The van der Waals surface area contributed by atoms with E-state index in [1.165, 1.54) is 6.33 Å². The van der Waals surface area contributed by atoms with Gasteiger partial charge in [-0.2, -0.15) is 4.98 Å². The van der Waals surface area contributed by atoms with Crippen LogP contribution in [-0.4, -0.2) is 90.2 Å². The molecule has 2 N–H and O–H groups in total. The molecule has 2 heterocycles. The van der Waals surface area contributed by atoms with E-state index < -0.39 is 5.97 Å². The zero-order chi connectivity index (χ0) is 27.6. The van der Waals surface area contributed by atoms with Crippen molar-refractivity contribution in [2.75, 3.05) is 59.5 Å². The maximum absolute atomic E-state index is 11.8. The third-order valence-electron chi connectivity index (χ3n) is 4.72. The minimum atomic E-state index is -0.584. The average molecular weight is 536 g/mol. The molecule has 38 heavy (non-hydrogen) atoms.